The molecule has 2 aromatic heterocycles. The number of imidazole rings is 1. The molecule has 0 amide bonds. The molecule has 0 aliphatic carbocycles. The minimum absolute atomic E-state index is 0.157. The lowest BCUT2D eigenvalue weighted by molar-refractivity contribution is 0.112. The summed E-state index contributed by atoms with van der Waals surface area (Å²) in [6.45, 7) is 6.58. The quantitative estimate of drug-likeness (QED) is 0.439. The van der Waals surface area contributed by atoms with Crippen LogP contribution in [0.15, 0.2) is 30.3 Å². The molecule has 2 N–H and O–H groups in total. The Balaban J connectivity index is 1.55. The number of nitrogens with zero attached hydrogens (tertiary/aromatic N) is 4. The Morgan fingerprint density at radius 3 is 2.77 bits per heavy atom. The van der Waals surface area contributed by atoms with E-state index in [2.05, 4.69) is 15.2 Å². The zero-order chi connectivity index (χ0) is 20.9. The molecule has 1 fully saturated rings. The van der Waals surface area contributed by atoms with E-state index >= 15 is 0 Å². The Morgan fingerprint density at radius 1 is 1.13 bits per heavy atom. The maximum Gasteiger partial charge on any atom is 0.204 e. The maximum atomic E-state index is 11.3. The molecular weight excluding hydrogens is 378 g/mol. The smallest absolute Gasteiger partial charge is 0.204 e. The van der Waals surface area contributed by atoms with E-state index in [0.29, 0.717) is 17.8 Å². The number of anilines is 1. The van der Waals surface area contributed by atoms with Crippen LogP contribution in [0.2, 0.25) is 0 Å². The molecule has 7 heteroatoms. The van der Waals surface area contributed by atoms with Gasteiger partial charge in [0.25, 0.3) is 0 Å². The lowest BCUT2D eigenvalue weighted by Crippen LogP contribution is -2.31. The number of hydrogen-bond donors (Lipinski definition) is 2. The predicted octanol–water partition coefficient (Wildman–Crippen LogP) is 3.59. The SMILES string of the molecule is Cc1ccc(O)c(Cn2c(NCCCN3CCCCC3)nc3ccc(C=O)cc32)n1. The summed E-state index contributed by atoms with van der Waals surface area (Å²) in [6.07, 6.45) is 5.83. The van der Waals surface area contributed by atoms with Gasteiger partial charge in [0.2, 0.25) is 5.95 Å². The topological polar surface area (TPSA) is 83.3 Å². The number of aldehydes is 1. The second kappa shape index (κ2) is 9.26. The number of aromatic nitrogens is 3. The molecule has 30 heavy (non-hydrogen) atoms. The van der Waals surface area contributed by atoms with Gasteiger partial charge in [-0.2, -0.15) is 0 Å². The first-order chi connectivity index (χ1) is 14.6. The van der Waals surface area contributed by atoms with E-state index in [1.807, 2.05) is 23.6 Å². The molecule has 0 saturated carbocycles. The predicted molar refractivity (Wildman–Crippen MR) is 118 cm³/mol. The summed E-state index contributed by atoms with van der Waals surface area (Å²) in [6, 6.07) is 8.92. The van der Waals surface area contributed by atoms with Gasteiger partial charge in [-0.05, 0) is 76.2 Å². The highest BCUT2D eigenvalue weighted by molar-refractivity contribution is 5.86. The van der Waals surface area contributed by atoms with Crippen LogP contribution in [0.1, 0.15) is 47.4 Å². The summed E-state index contributed by atoms with van der Waals surface area (Å²) in [7, 11) is 0. The molecule has 3 heterocycles. The van der Waals surface area contributed by atoms with Crippen molar-refractivity contribution >= 4 is 23.3 Å². The van der Waals surface area contributed by atoms with Crippen LogP contribution in [0, 0.1) is 6.92 Å². The first-order valence-corrected chi connectivity index (χ1v) is 10.7. The Hall–Kier alpha value is -2.93. The number of piperidine rings is 1. The van der Waals surface area contributed by atoms with Crippen molar-refractivity contribution in [1.82, 2.24) is 19.4 Å². The van der Waals surface area contributed by atoms with E-state index in [1.165, 1.54) is 32.4 Å². The van der Waals surface area contributed by atoms with Crippen LogP contribution >= 0.6 is 0 Å². The third-order valence-corrected chi connectivity index (χ3v) is 5.69. The molecule has 1 aliphatic heterocycles. The van der Waals surface area contributed by atoms with Gasteiger partial charge in [0.1, 0.15) is 17.7 Å². The van der Waals surface area contributed by atoms with E-state index in [1.54, 1.807) is 18.2 Å². The molecule has 158 valence electrons. The Morgan fingerprint density at radius 2 is 1.97 bits per heavy atom. The van der Waals surface area contributed by atoms with E-state index in [-0.39, 0.29) is 5.75 Å². The van der Waals surface area contributed by atoms with E-state index in [0.717, 1.165) is 48.5 Å². The second-order valence-corrected chi connectivity index (χ2v) is 7.99. The number of benzene rings is 1. The number of rotatable bonds is 8. The van der Waals surface area contributed by atoms with Crippen LogP contribution < -0.4 is 5.32 Å². The molecule has 0 atom stereocenters. The number of fused-ring (bicyclic) bond motifs is 1. The van der Waals surface area contributed by atoms with Crippen molar-refractivity contribution in [2.24, 2.45) is 0 Å². The van der Waals surface area contributed by atoms with Crippen LogP contribution in [-0.2, 0) is 6.54 Å². The standard InChI is InChI=1S/C23H29N5O2/c1-17-6-9-22(30)20(25-17)15-28-21-14-18(16-29)7-8-19(21)26-23(28)24-10-5-13-27-11-3-2-4-12-27/h6-9,14,16,30H,2-5,10-13,15H2,1H3,(H,24,26). The summed E-state index contributed by atoms with van der Waals surface area (Å²) < 4.78 is 1.99. The van der Waals surface area contributed by atoms with Crippen molar-refractivity contribution in [1.29, 1.82) is 0 Å². The van der Waals surface area contributed by atoms with E-state index < -0.39 is 0 Å². The normalized spacial score (nSPS) is 14.8. The van der Waals surface area contributed by atoms with Gasteiger partial charge in [0, 0.05) is 17.8 Å². The molecule has 1 aliphatic rings. The number of aromatic hydroxyl groups is 1. The van der Waals surface area contributed by atoms with Gasteiger partial charge < -0.3 is 19.9 Å². The zero-order valence-electron chi connectivity index (χ0n) is 17.5. The lowest BCUT2D eigenvalue weighted by atomic mass is 10.1. The van der Waals surface area contributed by atoms with Crippen LogP contribution in [0.5, 0.6) is 5.75 Å². The second-order valence-electron chi connectivity index (χ2n) is 7.99. The fourth-order valence-corrected chi connectivity index (χ4v) is 4.06. The van der Waals surface area contributed by atoms with Crippen molar-refractivity contribution in [3.63, 3.8) is 0 Å². The molecule has 7 nitrogen and oxygen atoms in total. The average molecular weight is 408 g/mol. The Kier molecular flexibility index (Phi) is 6.28. The average Bonchev–Trinajstić information content (AvgIpc) is 3.11. The highest BCUT2D eigenvalue weighted by atomic mass is 16.3. The molecule has 0 spiro atoms. The van der Waals surface area contributed by atoms with Crippen LogP contribution in [0.25, 0.3) is 11.0 Å². The van der Waals surface area contributed by atoms with Gasteiger partial charge in [0.05, 0.1) is 17.6 Å². The summed E-state index contributed by atoms with van der Waals surface area (Å²) in [5.74, 6) is 0.888. The van der Waals surface area contributed by atoms with Crippen molar-refractivity contribution in [3.05, 3.63) is 47.3 Å². The fourth-order valence-electron chi connectivity index (χ4n) is 4.06. The van der Waals surface area contributed by atoms with E-state index in [9.17, 15) is 9.90 Å². The lowest BCUT2D eigenvalue weighted by Gasteiger charge is -2.26. The largest absolute Gasteiger partial charge is 0.506 e. The van der Waals surface area contributed by atoms with Crippen molar-refractivity contribution in [2.45, 2.75) is 39.2 Å². The van der Waals surface area contributed by atoms with Gasteiger partial charge in [-0.1, -0.05) is 6.42 Å². The van der Waals surface area contributed by atoms with Gasteiger partial charge >= 0.3 is 0 Å². The first kappa shape index (κ1) is 20.3. The number of hydrogen-bond acceptors (Lipinski definition) is 6. The van der Waals surface area contributed by atoms with Gasteiger partial charge in [-0.25, -0.2) is 4.98 Å². The summed E-state index contributed by atoms with van der Waals surface area (Å²) in [5, 5.41) is 13.7. The fraction of sp³-hybridized carbons (Fsp3) is 0.435. The highest BCUT2D eigenvalue weighted by Gasteiger charge is 2.15. The van der Waals surface area contributed by atoms with Crippen molar-refractivity contribution < 1.29 is 9.90 Å². The molecule has 0 radical (unpaired) electrons. The number of aryl methyl sites for hydroxylation is 1. The maximum absolute atomic E-state index is 11.3. The Labute approximate surface area is 176 Å². The van der Waals surface area contributed by atoms with Crippen LogP contribution in [0.3, 0.4) is 0 Å². The number of likely N-dealkylation sites (tertiary alicyclic amines) is 1. The summed E-state index contributed by atoms with van der Waals surface area (Å²) in [5.41, 5.74) is 3.69. The summed E-state index contributed by atoms with van der Waals surface area (Å²) in [4.78, 5) is 23.0. The molecule has 0 unspecified atom stereocenters. The van der Waals surface area contributed by atoms with Crippen molar-refractivity contribution in [3.8, 4) is 5.75 Å². The van der Waals surface area contributed by atoms with Gasteiger partial charge in [-0.15, -0.1) is 0 Å². The van der Waals surface area contributed by atoms with Gasteiger partial charge in [-0.3, -0.25) is 9.78 Å². The molecule has 1 aromatic carbocycles. The number of carbonyl (C=O) groups excluding carboxylic acids is 1. The van der Waals surface area contributed by atoms with Crippen molar-refractivity contribution in [2.75, 3.05) is 31.5 Å². The highest BCUT2D eigenvalue weighted by Crippen LogP contribution is 2.25. The summed E-state index contributed by atoms with van der Waals surface area (Å²) >= 11 is 0. The zero-order valence-corrected chi connectivity index (χ0v) is 17.5. The molecular formula is C23H29N5O2. The molecule has 4 rings (SSSR count). The van der Waals surface area contributed by atoms with Crippen LogP contribution in [-0.4, -0.2) is 57.0 Å². The number of pyridine rings is 1. The molecule has 1 saturated heterocycles. The van der Waals surface area contributed by atoms with E-state index in [4.69, 9.17) is 4.98 Å². The monoisotopic (exact) mass is 407 g/mol. The number of carbonyl (C=O) groups is 1. The minimum atomic E-state index is 0.157. The molecule has 3 aromatic rings. The van der Waals surface area contributed by atoms with Crippen LogP contribution in [0.4, 0.5) is 5.95 Å². The third-order valence-electron chi connectivity index (χ3n) is 5.69. The molecule has 0 bridgehead atoms. The van der Waals surface area contributed by atoms with Gasteiger partial charge in [0.15, 0.2) is 0 Å². The Bertz CT molecular complexity index is 1020. The number of nitrogens with one attached hydrogen (secondary N) is 1. The third kappa shape index (κ3) is 4.62. The first-order valence-electron chi connectivity index (χ1n) is 10.7. The minimum Gasteiger partial charge on any atom is -0.506 e.